The molecule has 0 bridgehead atoms. The van der Waals surface area contributed by atoms with Gasteiger partial charge in [0.15, 0.2) is 0 Å². The van der Waals surface area contributed by atoms with Gasteiger partial charge in [0.2, 0.25) is 5.91 Å². The summed E-state index contributed by atoms with van der Waals surface area (Å²) in [6.07, 6.45) is 8.26. The highest BCUT2D eigenvalue weighted by atomic mass is 16.5. The van der Waals surface area contributed by atoms with E-state index in [4.69, 9.17) is 29.0 Å². The standard InChI is InChI=1S/C53H69N7O9/c1-57(26-30-68-34-36-69-35-33-66-29-18-50(62)60-24-22-58(23-25-60)27-31-67-32-28-61)53(65)43-12-7-11-41(37-43)51(63)56-48-16-15-44(59-20-5-2-6-21-59)39-46(48)49-38-42(17-19-54-49)52(64)55-47-14-8-10-40-9-3-4-13-45(40)47/h3-4,7,9,11-13,15-17,19,37-39,47,61H,2,5-6,8,10,14,18,20-36H2,1H3,(H,55,64)(H,56,63). The highest BCUT2D eigenvalue weighted by Gasteiger charge is 2.24. The van der Waals surface area contributed by atoms with Crippen LogP contribution >= 0.6 is 0 Å². The second-order valence-electron chi connectivity index (χ2n) is 17.7. The molecule has 0 radical (unpaired) electrons. The molecular formula is C53H69N7O9. The number of nitrogens with zero attached hydrogens (tertiary/aromatic N) is 5. The highest BCUT2D eigenvalue weighted by Crippen LogP contribution is 2.34. The Morgan fingerprint density at radius 2 is 1.43 bits per heavy atom. The quantitative estimate of drug-likeness (QED) is 0.0758. The molecule has 1 aromatic heterocycles. The molecular weight excluding hydrogens is 879 g/mol. The molecule has 1 atom stereocenters. The first-order valence-electron chi connectivity index (χ1n) is 24.6. The fourth-order valence-electron chi connectivity index (χ4n) is 9.02. The number of likely N-dealkylation sites (N-methyl/N-ethyl adjacent to an activating group) is 1. The Balaban J connectivity index is 0.849. The largest absolute Gasteiger partial charge is 0.394 e. The molecule has 16 nitrogen and oxygen atoms in total. The smallest absolute Gasteiger partial charge is 0.255 e. The van der Waals surface area contributed by atoms with E-state index in [9.17, 15) is 19.2 Å². The van der Waals surface area contributed by atoms with Crippen LogP contribution in [0.1, 0.15) is 86.8 Å². The van der Waals surface area contributed by atoms with E-state index in [-0.39, 0.29) is 36.3 Å². The van der Waals surface area contributed by atoms with Gasteiger partial charge in [0.25, 0.3) is 17.7 Å². The fraction of sp³-hybridized carbons (Fsp3) is 0.491. The van der Waals surface area contributed by atoms with E-state index in [1.54, 1.807) is 54.5 Å². The van der Waals surface area contributed by atoms with Crippen LogP contribution in [0.25, 0.3) is 11.3 Å². The molecule has 2 fully saturated rings. The number of anilines is 2. The number of fused-ring (bicyclic) bond motifs is 1. The average Bonchev–Trinajstić information content (AvgIpc) is 3.39. The lowest BCUT2D eigenvalue weighted by Gasteiger charge is -2.34. The SMILES string of the molecule is CN(CCOCCOCCOCCC(=O)N1CCN(CCOCCO)CC1)C(=O)c1cccc(C(=O)Nc2ccc(N3CCCCC3)cc2-c2cc(C(=O)NC3CCCc4ccccc43)ccn2)c1. The van der Waals surface area contributed by atoms with Gasteiger partial charge in [-0.25, -0.2) is 0 Å². The second-order valence-corrected chi connectivity index (χ2v) is 17.7. The molecule has 2 saturated heterocycles. The van der Waals surface area contributed by atoms with E-state index >= 15 is 0 Å². The minimum absolute atomic E-state index is 0.0238. The van der Waals surface area contributed by atoms with Crippen LogP contribution in [0.2, 0.25) is 0 Å². The van der Waals surface area contributed by atoms with Gasteiger partial charge in [-0.3, -0.25) is 29.1 Å². The maximum atomic E-state index is 13.9. The van der Waals surface area contributed by atoms with Gasteiger partial charge >= 0.3 is 0 Å². The van der Waals surface area contributed by atoms with Crippen LogP contribution in [0.5, 0.6) is 0 Å². The number of rotatable bonds is 24. The number of aliphatic hydroxyl groups excluding tert-OH is 1. The van der Waals surface area contributed by atoms with Crippen molar-refractivity contribution in [2.45, 2.75) is 51.0 Å². The van der Waals surface area contributed by atoms with E-state index < -0.39 is 0 Å². The van der Waals surface area contributed by atoms with E-state index in [1.807, 2.05) is 35.2 Å². The second kappa shape index (κ2) is 26.9. The van der Waals surface area contributed by atoms with Crippen molar-refractivity contribution >= 4 is 35.0 Å². The number of hydrogen-bond acceptors (Lipinski definition) is 12. The van der Waals surface area contributed by atoms with Crippen LogP contribution in [0, 0.1) is 0 Å². The molecule has 3 aromatic carbocycles. The lowest BCUT2D eigenvalue weighted by Crippen LogP contribution is -2.49. The number of hydrogen-bond donors (Lipinski definition) is 3. The molecule has 4 aromatic rings. The number of amides is 4. The lowest BCUT2D eigenvalue weighted by atomic mass is 9.87. The molecule has 0 spiro atoms. The minimum Gasteiger partial charge on any atom is -0.394 e. The van der Waals surface area contributed by atoms with Crippen molar-refractivity contribution in [2.24, 2.45) is 0 Å². The molecule has 16 heteroatoms. The molecule has 1 aliphatic carbocycles. The summed E-state index contributed by atoms with van der Waals surface area (Å²) in [6, 6.07) is 24.3. The first-order chi connectivity index (χ1) is 33.8. The van der Waals surface area contributed by atoms with Gasteiger partial charge in [-0.05, 0) is 98.2 Å². The number of nitrogens with one attached hydrogen (secondary N) is 2. The van der Waals surface area contributed by atoms with Crippen LogP contribution in [0.4, 0.5) is 11.4 Å². The summed E-state index contributed by atoms with van der Waals surface area (Å²) in [4.78, 5) is 66.5. The Bertz CT molecular complexity index is 2300. The molecule has 69 heavy (non-hydrogen) atoms. The number of ether oxygens (including phenoxy) is 4. The molecule has 7 rings (SSSR count). The number of pyridine rings is 1. The molecule has 3 aliphatic rings. The Morgan fingerprint density at radius 1 is 0.710 bits per heavy atom. The summed E-state index contributed by atoms with van der Waals surface area (Å²) in [5.41, 5.74) is 6.45. The Hall–Kier alpha value is -5.75. The lowest BCUT2D eigenvalue weighted by molar-refractivity contribution is -0.134. The summed E-state index contributed by atoms with van der Waals surface area (Å²) < 4.78 is 22.3. The summed E-state index contributed by atoms with van der Waals surface area (Å²) in [7, 11) is 1.70. The number of aryl methyl sites for hydroxylation is 1. The number of aliphatic hydroxyl groups is 1. The topological polar surface area (TPSA) is 175 Å². The van der Waals surface area contributed by atoms with Crippen LogP contribution < -0.4 is 15.5 Å². The zero-order valence-corrected chi connectivity index (χ0v) is 40.1. The maximum Gasteiger partial charge on any atom is 0.255 e. The third-order valence-electron chi connectivity index (χ3n) is 13.0. The number of carbonyl (C=O) groups excluding carboxylic acids is 4. The monoisotopic (exact) mass is 948 g/mol. The van der Waals surface area contributed by atoms with Crippen LogP contribution in [-0.2, 0) is 30.2 Å². The van der Waals surface area contributed by atoms with Gasteiger partial charge in [-0.15, -0.1) is 0 Å². The van der Waals surface area contributed by atoms with Crippen molar-refractivity contribution in [3.63, 3.8) is 0 Å². The minimum atomic E-state index is -0.380. The van der Waals surface area contributed by atoms with Gasteiger partial charge in [0, 0.05) is 93.5 Å². The molecule has 3 heterocycles. The number of aromatic nitrogens is 1. The van der Waals surface area contributed by atoms with E-state index in [0.717, 1.165) is 76.1 Å². The van der Waals surface area contributed by atoms with Crippen molar-refractivity contribution in [1.82, 2.24) is 25.0 Å². The maximum absolute atomic E-state index is 13.9. The van der Waals surface area contributed by atoms with Gasteiger partial charge in [0.1, 0.15) is 0 Å². The predicted octanol–water partition coefficient (Wildman–Crippen LogP) is 5.46. The molecule has 0 saturated carbocycles. The van der Waals surface area contributed by atoms with Gasteiger partial charge in [-0.2, -0.15) is 0 Å². The first kappa shape index (κ1) is 51.1. The zero-order valence-electron chi connectivity index (χ0n) is 40.1. The average molecular weight is 948 g/mol. The van der Waals surface area contributed by atoms with Crippen molar-refractivity contribution < 1.29 is 43.2 Å². The number of piperazine rings is 1. The zero-order chi connectivity index (χ0) is 48.2. The Labute approximate surface area is 406 Å². The van der Waals surface area contributed by atoms with Gasteiger partial charge in [0.05, 0.1) is 83.3 Å². The third-order valence-corrected chi connectivity index (χ3v) is 13.0. The van der Waals surface area contributed by atoms with E-state index in [2.05, 4.69) is 32.6 Å². The van der Waals surface area contributed by atoms with E-state index in [0.29, 0.717) is 113 Å². The first-order valence-corrected chi connectivity index (χ1v) is 24.6. The van der Waals surface area contributed by atoms with E-state index in [1.165, 1.54) is 12.0 Å². The molecule has 1 unspecified atom stereocenters. The summed E-state index contributed by atoms with van der Waals surface area (Å²) in [5, 5.41) is 15.2. The number of carbonyl (C=O) groups is 4. The van der Waals surface area contributed by atoms with Crippen molar-refractivity contribution in [1.29, 1.82) is 0 Å². The van der Waals surface area contributed by atoms with Crippen LogP contribution in [0.15, 0.2) is 85.1 Å². The number of piperidine rings is 1. The molecule has 370 valence electrons. The van der Waals surface area contributed by atoms with Crippen molar-refractivity contribution in [3.05, 3.63) is 113 Å². The summed E-state index contributed by atoms with van der Waals surface area (Å²) in [5.74, 6) is -0.714. The molecule has 3 N–H and O–H groups in total. The van der Waals surface area contributed by atoms with Crippen LogP contribution in [-0.4, -0.2) is 167 Å². The molecule has 4 amide bonds. The van der Waals surface area contributed by atoms with Crippen molar-refractivity contribution in [2.75, 3.05) is 129 Å². The van der Waals surface area contributed by atoms with Crippen LogP contribution in [0.3, 0.4) is 0 Å². The summed E-state index contributed by atoms with van der Waals surface area (Å²) in [6.45, 7) is 9.04. The third kappa shape index (κ3) is 15.1. The summed E-state index contributed by atoms with van der Waals surface area (Å²) >= 11 is 0. The normalized spacial score (nSPS) is 16.2. The van der Waals surface area contributed by atoms with Gasteiger partial charge in [-0.1, -0.05) is 30.3 Å². The Kier molecular flexibility index (Phi) is 19.9. The van der Waals surface area contributed by atoms with Crippen molar-refractivity contribution in [3.8, 4) is 11.3 Å². The predicted molar refractivity (Wildman–Crippen MR) is 265 cm³/mol. The number of benzene rings is 3. The fourth-order valence-corrected chi connectivity index (χ4v) is 9.02. The van der Waals surface area contributed by atoms with Gasteiger partial charge < -0.3 is 49.4 Å². The highest BCUT2D eigenvalue weighted by molar-refractivity contribution is 6.08. The Morgan fingerprint density at radius 3 is 2.23 bits per heavy atom. The molecule has 2 aliphatic heterocycles.